The molecule has 4 radical (unpaired) electrons. The van der Waals surface area contributed by atoms with E-state index in [1.54, 1.807) is 0 Å². The van der Waals surface area contributed by atoms with E-state index >= 15 is 0 Å². The summed E-state index contributed by atoms with van der Waals surface area (Å²) >= 11 is 0. The molecule has 1 rings (SSSR count). The SMILES string of the molecule is O=C(O)c1cc(C(=O)O)c(C(=O)O)cc1C(=O)O.[Na].[Na].[Na].[Na]. The molecule has 98 valence electrons. The number of rotatable bonds is 4. The fourth-order valence-corrected chi connectivity index (χ4v) is 1.31. The van der Waals surface area contributed by atoms with Crippen molar-refractivity contribution < 1.29 is 39.6 Å². The molecule has 12 heteroatoms. The molecule has 0 bridgehead atoms. The quantitative estimate of drug-likeness (QED) is 0.505. The zero-order chi connectivity index (χ0) is 14.0. The van der Waals surface area contributed by atoms with Gasteiger partial charge in [-0.15, -0.1) is 0 Å². The molecule has 0 atom stereocenters. The summed E-state index contributed by atoms with van der Waals surface area (Å²) in [6.07, 6.45) is 0. The van der Waals surface area contributed by atoms with Crippen molar-refractivity contribution in [1.29, 1.82) is 0 Å². The molecule has 0 unspecified atom stereocenters. The minimum absolute atomic E-state index is 0. The Morgan fingerprint density at radius 1 is 0.500 bits per heavy atom. The van der Waals surface area contributed by atoms with E-state index in [4.69, 9.17) is 20.4 Å². The predicted octanol–water partition coefficient (Wildman–Crippen LogP) is -1.04. The van der Waals surface area contributed by atoms with E-state index in [-0.39, 0.29) is 118 Å². The summed E-state index contributed by atoms with van der Waals surface area (Å²) < 4.78 is 0. The number of benzene rings is 1. The fourth-order valence-electron chi connectivity index (χ4n) is 1.31. The van der Waals surface area contributed by atoms with Gasteiger partial charge < -0.3 is 20.4 Å². The minimum atomic E-state index is -1.66. The van der Waals surface area contributed by atoms with Crippen LogP contribution in [0.2, 0.25) is 0 Å². The Morgan fingerprint density at radius 3 is 0.727 bits per heavy atom. The van der Waals surface area contributed by atoms with Crippen LogP contribution in [0.15, 0.2) is 12.1 Å². The maximum atomic E-state index is 10.8. The van der Waals surface area contributed by atoms with Gasteiger partial charge in [-0.25, -0.2) is 19.2 Å². The number of hydrogen-bond donors (Lipinski definition) is 4. The number of hydrogen-bond acceptors (Lipinski definition) is 4. The van der Waals surface area contributed by atoms with Crippen LogP contribution in [0.1, 0.15) is 41.4 Å². The molecule has 22 heavy (non-hydrogen) atoms. The van der Waals surface area contributed by atoms with E-state index < -0.39 is 46.1 Å². The van der Waals surface area contributed by atoms with Gasteiger partial charge in [0.25, 0.3) is 0 Å². The van der Waals surface area contributed by atoms with E-state index in [0.717, 1.165) is 0 Å². The van der Waals surface area contributed by atoms with E-state index in [1.165, 1.54) is 0 Å². The van der Waals surface area contributed by atoms with Gasteiger partial charge in [-0.3, -0.25) is 0 Å². The third kappa shape index (κ3) is 7.78. The maximum absolute atomic E-state index is 10.8. The van der Waals surface area contributed by atoms with Gasteiger partial charge in [-0.05, 0) is 12.1 Å². The number of carboxylic acids is 4. The third-order valence-corrected chi connectivity index (χ3v) is 2.08. The third-order valence-electron chi connectivity index (χ3n) is 2.08. The van der Waals surface area contributed by atoms with Gasteiger partial charge in [-0.1, -0.05) is 0 Å². The van der Waals surface area contributed by atoms with Crippen LogP contribution in [0, 0.1) is 0 Å². The van der Waals surface area contributed by atoms with E-state index in [2.05, 4.69) is 0 Å². The molecule has 0 aliphatic carbocycles. The molecule has 1 aromatic rings. The van der Waals surface area contributed by atoms with Gasteiger partial charge in [0, 0.05) is 118 Å². The van der Waals surface area contributed by atoms with Gasteiger partial charge in [0.15, 0.2) is 0 Å². The standard InChI is InChI=1S/C10H6O8.4Na/c11-7(12)3-1-4(8(13)14)6(10(17)18)2-5(3)9(15)16;;;;/h1-2H,(H,11,12)(H,13,14)(H,15,16)(H,17,18);;;;. The molecule has 0 heterocycles. The van der Waals surface area contributed by atoms with Crippen LogP contribution in [0.4, 0.5) is 0 Å². The first-order valence-electron chi connectivity index (χ1n) is 4.37. The molecule has 0 aliphatic rings. The second-order valence-electron chi connectivity index (χ2n) is 3.16. The van der Waals surface area contributed by atoms with E-state index in [1.807, 2.05) is 0 Å². The average Bonchev–Trinajstić information content (AvgIpc) is 2.26. The van der Waals surface area contributed by atoms with Crippen LogP contribution in [-0.2, 0) is 0 Å². The summed E-state index contributed by atoms with van der Waals surface area (Å²) in [7, 11) is 0. The van der Waals surface area contributed by atoms with Crippen molar-refractivity contribution in [2.45, 2.75) is 0 Å². The number of carboxylic acid groups (broad SMARTS) is 4. The predicted molar refractivity (Wildman–Crippen MR) is 77.3 cm³/mol. The fraction of sp³-hybridized carbons (Fsp3) is 0. The van der Waals surface area contributed by atoms with Crippen molar-refractivity contribution in [3.8, 4) is 0 Å². The van der Waals surface area contributed by atoms with E-state index in [9.17, 15) is 19.2 Å². The Hall–Kier alpha value is 1.10. The molecule has 0 amide bonds. The molecule has 4 N–H and O–H groups in total. The first kappa shape index (κ1) is 30.9. The molecule has 0 fully saturated rings. The summed E-state index contributed by atoms with van der Waals surface area (Å²) in [5.74, 6) is -6.64. The zero-order valence-electron chi connectivity index (χ0n) is 12.6. The smallest absolute Gasteiger partial charge is 0.336 e. The number of carbonyl (C=O) groups is 4. The second kappa shape index (κ2) is 13.4. The molecule has 0 saturated heterocycles. The van der Waals surface area contributed by atoms with Gasteiger partial charge >= 0.3 is 23.9 Å². The molecule has 0 aromatic heterocycles. The van der Waals surface area contributed by atoms with Crippen LogP contribution in [0.3, 0.4) is 0 Å². The van der Waals surface area contributed by atoms with Crippen LogP contribution in [0.5, 0.6) is 0 Å². The Labute approximate surface area is 212 Å². The van der Waals surface area contributed by atoms with Crippen LogP contribution >= 0.6 is 0 Å². The summed E-state index contributed by atoms with van der Waals surface area (Å²) in [5.41, 5.74) is -3.15. The summed E-state index contributed by atoms with van der Waals surface area (Å²) in [4.78, 5) is 43.1. The van der Waals surface area contributed by atoms with Crippen molar-refractivity contribution in [2.75, 3.05) is 0 Å². The van der Waals surface area contributed by atoms with Crippen LogP contribution < -0.4 is 0 Å². The normalized spacial score (nSPS) is 8.00. The largest absolute Gasteiger partial charge is 0.478 e. The minimum Gasteiger partial charge on any atom is -0.478 e. The monoisotopic (exact) mass is 346 g/mol. The van der Waals surface area contributed by atoms with Crippen molar-refractivity contribution in [3.63, 3.8) is 0 Å². The second-order valence-corrected chi connectivity index (χ2v) is 3.16. The zero-order valence-corrected chi connectivity index (χ0v) is 20.6. The Bertz CT molecular complexity index is 488. The van der Waals surface area contributed by atoms with Crippen molar-refractivity contribution in [1.82, 2.24) is 0 Å². The number of aromatic carboxylic acids is 4. The van der Waals surface area contributed by atoms with Gasteiger partial charge in [-0.2, -0.15) is 0 Å². The molecule has 0 saturated carbocycles. The van der Waals surface area contributed by atoms with Gasteiger partial charge in [0.1, 0.15) is 0 Å². The summed E-state index contributed by atoms with van der Waals surface area (Å²) in [6.45, 7) is 0. The molecule has 0 spiro atoms. The molecule has 1 aromatic carbocycles. The summed E-state index contributed by atoms with van der Waals surface area (Å²) in [6, 6.07) is 1.02. The van der Waals surface area contributed by atoms with Crippen molar-refractivity contribution in [3.05, 3.63) is 34.4 Å². The summed E-state index contributed by atoms with van der Waals surface area (Å²) in [5, 5.41) is 35.0. The first-order chi connectivity index (χ1) is 8.25. The molecular formula is C10H6Na4O8. The molecule has 8 nitrogen and oxygen atoms in total. The Morgan fingerprint density at radius 2 is 0.636 bits per heavy atom. The van der Waals surface area contributed by atoms with Crippen LogP contribution in [0.25, 0.3) is 0 Å². The first-order valence-corrected chi connectivity index (χ1v) is 4.37. The van der Waals surface area contributed by atoms with Gasteiger partial charge in [0.2, 0.25) is 0 Å². The van der Waals surface area contributed by atoms with E-state index in [0.29, 0.717) is 12.1 Å². The van der Waals surface area contributed by atoms with Crippen molar-refractivity contribution in [2.24, 2.45) is 0 Å². The van der Waals surface area contributed by atoms with Crippen molar-refractivity contribution >= 4 is 142 Å². The van der Waals surface area contributed by atoms with Gasteiger partial charge in [0.05, 0.1) is 22.3 Å². The van der Waals surface area contributed by atoms with Crippen LogP contribution in [-0.4, -0.2) is 163 Å². The maximum Gasteiger partial charge on any atom is 0.336 e. The molecule has 0 aliphatic heterocycles. The molecular weight excluding hydrogens is 340 g/mol. The average molecular weight is 346 g/mol. The topological polar surface area (TPSA) is 149 Å². The Balaban J connectivity index is -0.000000405. The Kier molecular flexibility index (Phi) is 18.8.